The van der Waals surface area contributed by atoms with Crippen molar-refractivity contribution in [2.45, 2.75) is 50.9 Å². The Kier molecular flexibility index (Phi) is 3.42. The summed E-state index contributed by atoms with van der Waals surface area (Å²) in [4.78, 5) is 0. The third-order valence-corrected chi connectivity index (χ3v) is 3.23. The van der Waals surface area contributed by atoms with E-state index in [0.29, 0.717) is 0 Å². The smallest absolute Gasteiger partial charge is 0.392 e. The molecule has 0 spiro atoms. The third kappa shape index (κ3) is 2.46. The number of rotatable bonds is 2. The highest BCUT2D eigenvalue weighted by molar-refractivity contribution is 5.20. The Balaban J connectivity index is 2.36. The average molecular weight is 248 g/mol. The molecule has 1 fully saturated rings. The molecular formula is C11H15F3N2O. The number of aliphatic hydroxyl groups is 1. The van der Waals surface area contributed by atoms with E-state index < -0.39 is 18.5 Å². The highest BCUT2D eigenvalue weighted by Gasteiger charge is 2.39. The number of alkyl halides is 3. The van der Waals surface area contributed by atoms with E-state index in [1.807, 2.05) is 0 Å². The standard InChI is InChI=1S/C11H15F3N2O/c12-11(13,14)10-8(7-17)6-15-16(10)9-4-2-1-3-5-9/h6,9,17H,1-5,7H2. The van der Waals surface area contributed by atoms with Crippen molar-refractivity contribution in [2.24, 2.45) is 0 Å². The molecule has 0 aromatic carbocycles. The number of hydrogen-bond donors (Lipinski definition) is 1. The summed E-state index contributed by atoms with van der Waals surface area (Å²) in [5.74, 6) is 0. The van der Waals surface area contributed by atoms with Crippen molar-refractivity contribution in [2.75, 3.05) is 0 Å². The van der Waals surface area contributed by atoms with Crippen LogP contribution >= 0.6 is 0 Å². The van der Waals surface area contributed by atoms with Crippen molar-refractivity contribution in [1.82, 2.24) is 9.78 Å². The maximum absolute atomic E-state index is 12.9. The number of halogens is 3. The molecule has 96 valence electrons. The lowest BCUT2D eigenvalue weighted by Crippen LogP contribution is -2.22. The van der Waals surface area contributed by atoms with Gasteiger partial charge >= 0.3 is 6.18 Å². The fraction of sp³-hybridized carbons (Fsp3) is 0.727. The highest BCUT2D eigenvalue weighted by Crippen LogP contribution is 2.37. The van der Waals surface area contributed by atoms with Gasteiger partial charge < -0.3 is 5.11 Å². The van der Waals surface area contributed by atoms with E-state index in [-0.39, 0.29) is 11.6 Å². The SMILES string of the molecule is OCc1cnn(C2CCCCC2)c1C(F)(F)F. The van der Waals surface area contributed by atoms with Crippen LogP contribution in [0.15, 0.2) is 6.20 Å². The van der Waals surface area contributed by atoms with Gasteiger partial charge in [0, 0.05) is 5.56 Å². The van der Waals surface area contributed by atoms with Gasteiger partial charge in [-0.3, -0.25) is 4.68 Å². The van der Waals surface area contributed by atoms with Crippen LogP contribution in [0.2, 0.25) is 0 Å². The van der Waals surface area contributed by atoms with Gasteiger partial charge in [-0.05, 0) is 12.8 Å². The van der Waals surface area contributed by atoms with Crippen molar-refractivity contribution >= 4 is 0 Å². The average Bonchev–Trinajstić information content (AvgIpc) is 2.73. The molecule has 3 nitrogen and oxygen atoms in total. The summed E-state index contributed by atoms with van der Waals surface area (Å²) in [6, 6.07) is -0.180. The van der Waals surface area contributed by atoms with Gasteiger partial charge in [0.2, 0.25) is 0 Å². The summed E-state index contributed by atoms with van der Waals surface area (Å²) >= 11 is 0. The van der Waals surface area contributed by atoms with Crippen LogP contribution in [0.5, 0.6) is 0 Å². The van der Waals surface area contributed by atoms with E-state index in [9.17, 15) is 13.2 Å². The van der Waals surface area contributed by atoms with Gasteiger partial charge in [-0.25, -0.2) is 0 Å². The van der Waals surface area contributed by atoms with Crippen LogP contribution in [0.25, 0.3) is 0 Å². The Morgan fingerprint density at radius 3 is 2.47 bits per heavy atom. The zero-order valence-corrected chi connectivity index (χ0v) is 9.37. The molecule has 1 aliphatic rings. The van der Waals surface area contributed by atoms with E-state index in [2.05, 4.69) is 5.10 Å². The molecule has 1 N–H and O–H groups in total. The summed E-state index contributed by atoms with van der Waals surface area (Å²) in [5, 5.41) is 12.8. The van der Waals surface area contributed by atoms with Crippen molar-refractivity contribution < 1.29 is 18.3 Å². The molecule has 1 aliphatic carbocycles. The first-order valence-corrected chi connectivity index (χ1v) is 5.78. The van der Waals surface area contributed by atoms with Crippen LogP contribution in [0.4, 0.5) is 13.2 Å². The van der Waals surface area contributed by atoms with Crippen molar-refractivity contribution in [3.8, 4) is 0 Å². The van der Waals surface area contributed by atoms with Crippen molar-refractivity contribution in [3.63, 3.8) is 0 Å². The maximum atomic E-state index is 12.9. The molecule has 6 heteroatoms. The highest BCUT2D eigenvalue weighted by atomic mass is 19.4. The van der Waals surface area contributed by atoms with Gasteiger partial charge in [0.1, 0.15) is 5.69 Å². The molecule has 0 unspecified atom stereocenters. The second kappa shape index (κ2) is 4.68. The molecular weight excluding hydrogens is 233 g/mol. The van der Waals surface area contributed by atoms with E-state index in [1.54, 1.807) is 0 Å². The normalized spacial score (nSPS) is 18.6. The Bertz CT molecular complexity index is 381. The topological polar surface area (TPSA) is 38.1 Å². The summed E-state index contributed by atoms with van der Waals surface area (Å²) in [7, 11) is 0. The molecule has 17 heavy (non-hydrogen) atoms. The van der Waals surface area contributed by atoms with Gasteiger partial charge in [0.25, 0.3) is 0 Å². The summed E-state index contributed by atoms with van der Waals surface area (Å²) in [5.41, 5.74) is -0.921. The summed E-state index contributed by atoms with van der Waals surface area (Å²) in [6.07, 6.45) is 1.09. The van der Waals surface area contributed by atoms with Crippen LogP contribution in [0.1, 0.15) is 49.4 Å². The molecule has 0 atom stereocenters. The number of hydrogen-bond acceptors (Lipinski definition) is 2. The fourth-order valence-corrected chi connectivity index (χ4v) is 2.43. The lowest BCUT2D eigenvalue weighted by molar-refractivity contribution is -0.146. The Morgan fingerprint density at radius 2 is 1.94 bits per heavy atom. The second-order valence-corrected chi connectivity index (χ2v) is 4.41. The number of nitrogens with zero attached hydrogens (tertiary/aromatic N) is 2. The molecule has 1 saturated carbocycles. The quantitative estimate of drug-likeness (QED) is 0.873. The predicted octanol–water partition coefficient (Wildman–Crippen LogP) is 2.90. The first kappa shape index (κ1) is 12.4. The van der Waals surface area contributed by atoms with Crippen molar-refractivity contribution in [3.05, 3.63) is 17.5 Å². The van der Waals surface area contributed by atoms with Crippen LogP contribution < -0.4 is 0 Å². The minimum atomic E-state index is -4.45. The Morgan fingerprint density at radius 1 is 1.29 bits per heavy atom. The number of aromatic nitrogens is 2. The zero-order valence-electron chi connectivity index (χ0n) is 9.37. The molecule has 0 amide bonds. The summed E-state index contributed by atoms with van der Waals surface area (Å²) in [6.45, 7) is -0.623. The maximum Gasteiger partial charge on any atom is 0.433 e. The summed E-state index contributed by atoms with van der Waals surface area (Å²) < 4.78 is 39.8. The number of aliphatic hydroxyl groups excluding tert-OH is 1. The molecule has 0 saturated heterocycles. The van der Waals surface area contributed by atoms with E-state index >= 15 is 0 Å². The first-order chi connectivity index (χ1) is 8.04. The van der Waals surface area contributed by atoms with Crippen LogP contribution in [0.3, 0.4) is 0 Å². The predicted molar refractivity (Wildman–Crippen MR) is 55.3 cm³/mol. The monoisotopic (exact) mass is 248 g/mol. The Hall–Kier alpha value is -1.04. The van der Waals surface area contributed by atoms with Crippen LogP contribution in [0, 0.1) is 0 Å². The molecule has 0 aliphatic heterocycles. The molecule has 1 aromatic rings. The largest absolute Gasteiger partial charge is 0.433 e. The third-order valence-electron chi connectivity index (χ3n) is 3.23. The fourth-order valence-electron chi connectivity index (χ4n) is 2.43. The van der Waals surface area contributed by atoms with Gasteiger partial charge in [-0.2, -0.15) is 18.3 Å². The molecule has 0 radical (unpaired) electrons. The molecule has 1 heterocycles. The van der Waals surface area contributed by atoms with E-state index in [0.717, 1.165) is 43.0 Å². The minimum absolute atomic E-state index is 0.136. The van der Waals surface area contributed by atoms with Gasteiger partial charge in [-0.15, -0.1) is 0 Å². The molecule has 1 aromatic heterocycles. The molecule has 0 bridgehead atoms. The lowest BCUT2D eigenvalue weighted by atomic mass is 9.95. The Labute approximate surface area is 97.2 Å². The van der Waals surface area contributed by atoms with E-state index in [4.69, 9.17) is 5.11 Å². The van der Waals surface area contributed by atoms with Crippen LogP contribution in [-0.4, -0.2) is 14.9 Å². The minimum Gasteiger partial charge on any atom is -0.392 e. The lowest BCUT2D eigenvalue weighted by Gasteiger charge is -2.24. The zero-order chi connectivity index (χ0) is 12.5. The van der Waals surface area contributed by atoms with E-state index in [1.165, 1.54) is 0 Å². The molecule has 2 rings (SSSR count). The van der Waals surface area contributed by atoms with Gasteiger partial charge in [0.05, 0.1) is 18.8 Å². The van der Waals surface area contributed by atoms with Crippen LogP contribution in [-0.2, 0) is 12.8 Å². The van der Waals surface area contributed by atoms with Gasteiger partial charge in [-0.1, -0.05) is 19.3 Å². The second-order valence-electron chi connectivity index (χ2n) is 4.41. The first-order valence-electron chi connectivity index (χ1n) is 5.78. The van der Waals surface area contributed by atoms with Crippen molar-refractivity contribution in [1.29, 1.82) is 0 Å². The van der Waals surface area contributed by atoms with Gasteiger partial charge in [0.15, 0.2) is 0 Å².